The van der Waals surface area contributed by atoms with Gasteiger partial charge in [0.25, 0.3) is 0 Å². The highest BCUT2D eigenvalue weighted by molar-refractivity contribution is 5.31. The lowest BCUT2D eigenvalue weighted by Gasteiger charge is -2.32. The molecule has 2 heterocycles. The van der Waals surface area contributed by atoms with Gasteiger partial charge in [-0.2, -0.15) is 5.26 Å². The quantitative estimate of drug-likeness (QED) is 0.845. The molecule has 0 N–H and O–H groups in total. The summed E-state index contributed by atoms with van der Waals surface area (Å²) in [7, 11) is 0. The molecule has 1 atom stereocenters. The van der Waals surface area contributed by atoms with E-state index in [1.165, 1.54) is 24.0 Å². The summed E-state index contributed by atoms with van der Waals surface area (Å²) in [5.41, 5.74) is 3.35. The number of aryl methyl sites for hydroxylation is 1. The largest absolute Gasteiger partial charge is 0.477 e. The average Bonchev–Trinajstić information content (AvgIpc) is 2.62. The number of benzene rings is 1. The number of rotatable bonds is 5. The zero-order valence-electron chi connectivity index (χ0n) is 14.1. The van der Waals surface area contributed by atoms with Crippen LogP contribution >= 0.6 is 0 Å². The first-order valence-electron chi connectivity index (χ1n) is 8.50. The molecule has 0 radical (unpaired) electrons. The van der Waals surface area contributed by atoms with Crippen LogP contribution in [0.1, 0.15) is 29.5 Å². The number of ether oxygens (including phenoxy) is 1. The second kappa shape index (κ2) is 7.94. The van der Waals surface area contributed by atoms with Crippen molar-refractivity contribution in [3.63, 3.8) is 0 Å². The predicted molar refractivity (Wildman–Crippen MR) is 93.6 cm³/mol. The van der Waals surface area contributed by atoms with Gasteiger partial charge >= 0.3 is 0 Å². The number of pyridine rings is 1. The Kier molecular flexibility index (Phi) is 5.45. The van der Waals surface area contributed by atoms with Crippen molar-refractivity contribution >= 4 is 0 Å². The monoisotopic (exact) mass is 321 g/mol. The second-order valence-corrected chi connectivity index (χ2v) is 6.48. The standard InChI is InChI=1S/C20H23N3O/c1-16-5-2-3-7-19(16)14-23-10-4-6-18(13-23)15-24-20-11-17(12-21)8-9-22-20/h2-3,5,7-9,11,18H,4,6,10,13-15H2,1H3. The molecule has 0 amide bonds. The first-order valence-corrected chi connectivity index (χ1v) is 8.50. The number of aromatic nitrogens is 1. The Bertz CT molecular complexity index is 723. The molecule has 124 valence electrons. The van der Waals surface area contributed by atoms with Gasteiger partial charge in [0, 0.05) is 31.3 Å². The van der Waals surface area contributed by atoms with E-state index < -0.39 is 0 Å². The number of hydrogen-bond acceptors (Lipinski definition) is 4. The molecule has 1 aromatic carbocycles. The molecule has 2 aromatic rings. The summed E-state index contributed by atoms with van der Waals surface area (Å²) in [5, 5.41) is 8.94. The predicted octanol–water partition coefficient (Wildman–Crippen LogP) is 3.55. The molecule has 1 saturated heterocycles. The summed E-state index contributed by atoms with van der Waals surface area (Å²) >= 11 is 0. The Balaban J connectivity index is 1.54. The van der Waals surface area contributed by atoms with E-state index in [0.29, 0.717) is 24.0 Å². The summed E-state index contributed by atoms with van der Waals surface area (Å²) in [5.74, 6) is 1.06. The van der Waals surface area contributed by atoms with Crippen LogP contribution in [0.25, 0.3) is 0 Å². The molecule has 3 rings (SSSR count). The Morgan fingerprint density at radius 3 is 3.04 bits per heavy atom. The molecular formula is C20H23N3O. The molecule has 24 heavy (non-hydrogen) atoms. The maximum atomic E-state index is 8.94. The van der Waals surface area contributed by atoms with E-state index in [-0.39, 0.29) is 0 Å². The molecule has 0 bridgehead atoms. The molecular weight excluding hydrogens is 298 g/mol. The van der Waals surface area contributed by atoms with Gasteiger partial charge in [-0.1, -0.05) is 24.3 Å². The first-order chi connectivity index (χ1) is 11.7. The third-order valence-corrected chi connectivity index (χ3v) is 4.59. The van der Waals surface area contributed by atoms with Crippen molar-refractivity contribution in [2.45, 2.75) is 26.3 Å². The van der Waals surface area contributed by atoms with Gasteiger partial charge in [0.2, 0.25) is 5.88 Å². The minimum atomic E-state index is 0.510. The summed E-state index contributed by atoms with van der Waals surface area (Å²) < 4.78 is 5.82. The van der Waals surface area contributed by atoms with Crippen LogP contribution < -0.4 is 4.74 Å². The molecule has 1 aromatic heterocycles. The first kappa shape index (κ1) is 16.5. The molecule has 0 saturated carbocycles. The number of likely N-dealkylation sites (tertiary alicyclic amines) is 1. The number of hydrogen-bond donors (Lipinski definition) is 0. The van der Waals surface area contributed by atoms with E-state index >= 15 is 0 Å². The molecule has 1 unspecified atom stereocenters. The maximum absolute atomic E-state index is 8.94. The molecule has 4 nitrogen and oxygen atoms in total. The maximum Gasteiger partial charge on any atom is 0.214 e. The van der Waals surface area contributed by atoms with Gasteiger partial charge in [-0.05, 0) is 43.5 Å². The van der Waals surface area contributed by atoms with Crippen LogP contribution in [0.5, 0.6) is 5.88 Å². The van der Waals surface area contributed by atoms with E-state index in [9.17, 15) is 0 Å². The smallest absolute Gasteiger partial charge is 0.214 e. The van der Waals surface area contributed by atoms with Crippen LogP contribution in [0.3, 0.4) is 0 Å². The average molecular weight is 321 g/mol. The molecule has 0 aliphatic carbocycles. The Hall–Kier alpha value is -2.38. The molecule has 0 spiro atoms. The fraction of sp³-hybridized carbons (Fsp3) is 0.400. The zero-order chi connectivity index (χ0) is 16.8. The summed E-state index contributed by atoms with van der Waals surface area (Å²) in [4.78, 5) is 6.70. The van der Waals surface area contributed by atoms with Crippen molar-refractivity contribution in [3.05, 3.63) is 59.3 Å². The highest BCUT2D eigenvalue weighted by Crippen LogP contribution is 2.21. The van der Waals surface area contributed by atoms with Gasteiger partial charge in [-0.25, -0.2) is 4.98 Å². The third-order valence-electron chi connectivity index (χ3n) is 4.59. The second-order valence-electron chi connectivity index (χ2n) is 6.48. The molecule has 1 fully saturated rings. The van der Waals surface area contributed by atoms with Crippen molar-refractivity contribution in [2.75, 3.05) is 19.7 Å². The van der Waals surface area contributed by atoms with Gasteiger partial charge in [0.05, 0.1) is 18.2 Å². The third kappa shape index (κ3) is 4.33. The van der Waals surface area contributed by atoms with Crippen LogP contribution in [-0.2, 0) is 6.54 Å². The lowest BCUT2D eigenvalue weighted by atomic mass is 9.98. The Labute approximate surface area is 143 Å². The lowest BCUT2D eigenvalue weighted by Crippen LogP contribution is -2.37. The topological polar surface area (TPSA) is 49.1 Å². The Morgan fingerprint density at radius 1 is 1.33 bits per heavy atom. The molecule has 1 aliphatic rings. The van der Waals surface area contributed by atoms with Gasteiger partial charge < -0.3 is 4.74 Å². The van der Waals surface area contributed by atoms with E-state index in [0.717, 1.165) is 19.6 Å². The van der Waals surface area contributed by atoms with E-state index in [1.54, 1.807) is 18.3 Å². The van der Waals surface area contributed by atoms with E-state index in [4.69, 9.17) is 10.00 Å². The van der Waals surface area contributed by atoms with Gasteiger partial charge in [-0.15, -0.1) is 0 Å². The van der Waals surface area contributed by atoms with Crippen molar-refractivity contribution in [3.8, 4) is 11.9 Å². The van der Waals surface area contributed by atoms with Crippen molar-refractivity contribution < 1.29 is 4.74 Å². The fourth-order valence-electron chi connectivity index (χ4n) is 3.22. The van der Waals surface area contributed by atoms with Crippen molar-refractivity contribution in [2.24, 2.45) is 5.92 Å². The summed E-state index contributed by atoms with van der Waals surface area (Å²) in [6.45, 7) is 6.03. The van der Waals surface area contributed by atoms with E-state index in [1.807, 2.05) is 0 Å². The van der Waals surface area contributed by atoms with Crippen LogP contribution in [0, 0.1) is 24.2 Å². The lowest BCUT2D eigenvalue weighted by molar-refractivity contribution is 0.123. The van der Waals surface area contributed by atoms with Crippen molar-refractivity contribution in [1.82, 2.24) is 9.88 Å². The minimum absolute atomic E-state index is 0.510. The van der Waals surface area contributed by atoms with Crippen LogP contribution in [0.2, 0.25) is 0 Å². The molecule has 4 heteroatoms. The summed E-state index contributed by atoms with van der Waals surface area (Å²) in [6, 6.07) is 14.1. The van der Waals surface area contributed by atoms with Gasteiger partial charge in [-0.3, -0.25) is 4.90 Å². The minimum Gasteiger partial charge on any atom is -0.477 e. The normalized spacial score (nSPS) is 18.1. The zero-order valence-corrected chi connectivity index (χ0v) is 14.1. The van der Waals surface area contributed by atoms with E-state index in [2.05, 4.69) is 47.1 Å². The van der Waals surface area contributed by atoms with Crippen LogP contribution in [0.15, 0.2) is 42.6 Å². The van der Waals surface area contributed by atoms with Crippen molar-refractivity contribution in [1.29, 1.82) is 5.26 Å². The van der Waals surface area contributed by atoms with Gasteiger partial charge in [0.1, 0.15) is 0 Å². The Morgan fingerprint density at radius 2 is 2.21 bits per heavy atom. The SMILES string of the molecule is Cc1ccccc1CN1CCCC(COc2cc(C#N)ccn2)C1. The summed E-state index contributed by atoms with van der Waals surface area (Å²) in [6.07, 6.45) is 4.01. The number of nitrogens with zero attached hydrogens (tertiary/aromatic N) is 3. The number of piperidine rings is 1. The number of nitriles is 1. The highest BCUT2D eigenvalue weighted by Gasteiger charge is 2.21. The highest BCUT2D eigenvalue weighted by atomic mass is 16.5. The van der Waals surface area contributed by atoms with Crippen LogP contribution in [-0.4, -0.2) is 29.6 Å². The fourth-order valence-corrected chi connectivity index (χ4v) is 3.22. The van der Waals surface area contributed by atoms with Gasteiger partial charge in [0.15, 0.2) is 0 Å². The molecule has 1 aliphatic heterocycles. The van der Waals surface area contributed by atoms with Crippen LogP contribution in [0.4, 0.5) is 0 Å².